The van der Waals surface area contributed by atoms with Gasteiger partial charge in [0.2, 0.25) is 0 Å². The van der Waals surface area contributed by atoms with Crippen molar-refractivity contribution in [2.75, 3.05) is 0 Å². The van der Waals surface area contributed by atoms with E-state index in [1.54, 1.807) is 0 Å². The molecule has 0 aliphatic rings. The molecule has 2 heteroatoms. The summed E-state index contributed by atoms with van der Waals surface area (Å²) in [5.74, 6) is 0. The van der Waals surface area contributed by atoms with E-state index >= 15 is 0 Å². The van der Waals surface area contributed by atoms with Crippen molar-refractivity contribution in [2.45, 2.75) is 38.8 Å². The zero-order valence-electron chi connectivity index (χ0n) is 5.81. The SMILES string of the molecule is CC[C@@H](O)C(C)(C)N. The molecule has 0 aromatic heterocycles. The van der Waals surface area contributed by atoms with Crippen LogP contribution < -0.4 is 5.73 Å². The lowest BCUT2D eigenvalue weighted by molar-refractivity contribution is 0.100. The molecule has 0 fully saturated rings. The van der Waals surface area contributed by atoms with Crippen LogP contribution in [0, 0.1) is 0 Å². The van der Waals surface area contributed by atoms with Gasteiger partial charge in [-0.15, -0.1) is 0 Å². The molecule has 0 bridgehead atoms. The highest BCUT2D eigenvalue weighted by Crippen LogP contribution is 2.06. The average molecular weight is 117 g/mol. The van der Waals surface area contributed by atoms with E-state index in [1.165, 1.54) is 0 Å². The van der Waals surface area contributed by atoms with E-state index in [0.29, 0.717) is 0 Å². The molecule has 0 radical (unpaired) electrons. The van der Waals surface area contributed by atoms with E-state index in [4.69, 9.17) is 10.8 Å². The minimum absolute atomic E-state index is 0.373. The molecule has 0 saturated carbocycles. The van der Waals surface area contributed by atoms with Gasteiger partial charge in [0.05, 0.1) is 6.10 Å². The summed E-state index contributed by atoms with van der Waals surface area (Å²) in [6, 6.07) is 0. The van der Waals surface area contributed by atoms with Crippen molar-refractivity contribution in [3.8, 4) is 0 Å². The molecule has 3 N–H and O–H groups in total. The van der Waals surface area contributed by atoms with Crippen LogP contribution in [0.3, 0.4) is 0 Å². The Labute approximate surface area is 50.7 Å². The topological polar surface area (TPSA) is 46.2 Å². The van der Waals surface area contributed by atoms with Crippen molar-refractivity contribution >= 4 is 0 Å². The maximum atomic E-state index is 9.07. The molecule has 0 aliphatic carbocycles. The quantitative estimate of drug-likeness (QED) is 0.553. The predicted molar refractivity (Wildman–Crippen MR) is 34.6 cm³/mol. The van der Waals surface area contributed by atoms with Gasteiger partial charge >= 0.3 is 0 Å². The molecule has 0 amide bonds. The summed E-state index contributed by atoms with van der Waals surface area (Å²) in [6.45, 7) is 5.56. The van der Waals surface area contributed by atoms with Gasteiger partial charge in [0.1, 0.15) is 0 Å². The van der Waals surface area contributed by atoms with E-state index in [0.717, 1.165) is 6.42 Å². The number of aliphatic hydroxyl groups is 1. The molecule has 0 aromatic rings. The van der Waals surface area contributed by atoms with Crippen molar-refractivity contribution in [3.05, 3.63) is 0 Å². The second-order valence-corrected chi connectivity index (χ2v) is 2.75. The molecule has 0 saturated heterocycles. The summed E-state index contributed by atoms with van der Waals surface area (Å²) >= 11 is 0. The Balaban J connectivity index is 3.62. The van der Waals surface area contributed by atoms with Gasteiger partial charge in [-0.1, -0.05) is 6.92 Å². The monoisotopic (exact) mass is 117 g/mol. The van der Waals surface area contributed by atoms with E-state index in [2.05, 4.69) is 0 Å². The number of nitrogens with two attached hydrogens (primary N) is 1. The fourth-order valence-corrected chi connectivity index (χ4v) is 0.526. The third-order valence-electron chi connectivity index (χ3n) is 1.25. The van der Waals surface area contributed by atoms with E-state index in [1.807, 2.05) is 20.8 Å². The summed E-state index contributed by atoms with van der Waals surface area (Å²) in [7, 11) is 0. The van der Waals surface area contributed by atoms with Crippen molar-refractivity contribution in [1.29, 1.82) is 0 Å². The van der Waals surface area contributed by atoms with Crippen LogP contribution >= 0.6 is 0 Å². The first-order valence-electron chi connectivity index (χ1n) is 2.95. The second kappa shape index (κ2) is 2.46. The van der Waals surface area contributed by atoms with Gasteiger partial charge < -0.3 is 10.8 Å². The number of aliphatic hydroxyl groups excluding tert-OH is 1. The Bertz CT molecular complexity index is 65.4. The van der Waals surface area contributed by atoms with Crippen LogP contribution in [0.15, 0.2) is 0 Å². The summed E-state index contributed by atoms with van der Waals surface area (Å²) < 4.78 is 0. The highest BCUT2D eigenvalue weighted by atomic mass is 16.3. The van der Waals surface area contributed by atoms with E-state index in [9.17, 15) is 0 Å². The Morgan fingerprint density at radius 3 is 2.00 bits per heavy atom. The molecular weight excluding hydrogens is 102 g/mol. The minimum Gasteiger partial charge on any atom is -0.391 e. The maximum Gasteiger partial charge on any atom is 0.0711 e. The fourth-order valence-electron chi connectivity index (χ4n) is 0.526. The first kappa shape index (κ1) is 7.92. The lowest BCUT2D eigenvalue weighted by atomic mass is 9.97. The van der Waals surface area contributed by atoms with Crippen molar-refractivity contribution in [1.82, 2.24) is 0 Å². The van der Waals surface area contributed by atoms with Crippen molar-refractivity contribution < 1.29 is 5.11 Å². The van der Waals surface area contributed by atoms with Crippen LogP contribution in [-0.2, 0) is 0 Å². The third-order valence-corrected chi connectivity index (χ3v) is 1.25. The summed E-state index contributed by atoms with van der Waals surface area (Å²) in [4.78, 5) is 0. The molecule has 8 heavy (non-hydrogen) atoms. The fraction of sp³-hybridized carbons (Fsp3) is 1.00. The maximum absolute atomic E-state index is 9.07. The van der Waals surface area contributed by atoms with Crippen LogP contribution in [0.4, 0.5) is 0 Å². The zero-order chi connectivity index (χ0) is 6.78. The average Bonchev–Trinajstić information content (AvgIpc) is 1.62. The third kappa shape index (κ3) is 2.28. The Morgan fingerprint density at radius 2 is 2.00 bits per heavy atom. The lowest BCUT2D eigenvalue weighted by Crippen LogP contribution is -2.44. The smallest absolute Gasteiger partial charge is 0.0711 e. The summed E-state index contributed by atoms with van der Waals surface area (Å²) in [5, 5.41) is 9.07. The van der Waals surface area contributed by atoms with Crippen LogP contribution in [-0.4, -0.2) is 16.7 Å². The molecule has 50 valence electrons. The number of rotatable bonds is 2. The van der Waals surface area contributed by atoms with Gasteiger partial charge in [0.25, 0.3) is 0 Å². The van der Waals surface area contributed by atoms with Gasteiger partial charge in [0.15, 0.2) is 0 Å². The summed E-state index contributed by atoms with van der Waals surface area (Å²) in [5.41, 5.74) is 5.10. The molecule has 2 nitrogen and oxygen atoms in total. The number of hydrogen-bond donors (Lipinski definition) is 2. The highest BCUT2D eigenvalue weighted by molar-refractivity contribution is 4.79. The molecule has 0 heterocycles. The van der Waals surface area contributed by atoms with Crippen LogP contribution in [0.2, 0.25) is 0 Å². The van der Waals surface area contributed by atoms with Gasteiger partial charge in [0, 0.05) is 5.54 Å². The van der Waals surface area contributed by atoms with E-state index in [-0.39, 0.29) is 6.10 Å². The van der Waals surface area contributed by atoms with Crippen LogP contribution in [0.1, 0.15) is 27.2 Å². The first-order valence-corrected chi connectivity index (χ1v) is 2.95. The van der Waals surface area contributed by atoms with Crippen molar-refractivity contribution in [2.24, 2.45) is 5.73 Å². The van der Waals surface area contributed by atoms with E-state index < -0.39 is 5.54 Å². The standard InChI is InChI=1S/C6H15NO/c1-4-5(8)6(2,3)7/h5,8H,4,7H2,1-3H3/t5-/m1/s1. The van der Waals surface area contributed by atoms with Gasteiger partial charge in [-0.2, -0.15) is 0 Å². The Morgan fingerprint density at radius 1 is 1.62 bits per heavy atom. The molecule has 0 rings (SSSR count). The number of hydrogen-bond acceptors (Lipinski definition) is 2. The van der Waals surface area contributed by atoms with Gasteiger partial charge in [-0.3, -0.25) is 0 Å². The van der Waals surface area contributed by atoms with Crippen LogP contribution in [0.25, 0.3) is 0 Å². The molecule has 0 aromatic carbocycles. The molecule has 0 aliphatic heterocycles. The Hall–Kier alpha value is -0.0800. The first-order chi connectivity index (χ1) is 3.48. The zero-order valence-corrected chi connectivity index (χ0v) is 5.81. The van der Waals surface area contributed by atoms with Gasteiger partial charge in [-0.05, 0) is 20.3 Å². The minimum atomic E-state index is -0.436. The predicted octanol–water partition coefficient (Wildman–Crippen LogP) is 0.495. The highest BCUT2D eigenvalue weighted by Gasteiger charge is 2.19. The second-order valence-electron chi connectivity index (χ2n) is 2.75. The molecule has 0 spiro atoms. The summed E-state index contributed by atoms with van der Waals surface area (Å²) in [6.07, 6.45) is 0.353. The molecule has 0 unspecified atom stereocenters. The van der Waals surface area contributed by atoms with Crippen LogP contribution in [0.5, 0.6) is 0 Å². The molecule has 1 atom stereocenters. The molecular formula is C6H15NO. The largest absolute Gasteiger partial charge is 0.391 e. The van der Waals surface area contributed by atoms with Crippen molar-refractivity contribution in [3.63, 3.8) is 0 Å². The normalized spacial score (nSPS) is 16.1. The lowest BCUT2D eigenvalue weighted by Gasteiger charge is -2.24. The Kier molecular flexibility index (Phi) is 2.44. The van der Waals surface area contributed by atoms with Gasteiger partial charge in [-0.25, -0.2) is 0 Å².